The Kier molecular flexibility index (Phi) is 6.38. The van der Waals surface area contributed by atoms with Crippen molar-refractivity contribution in [1.29, 1.82) is 0 Å². The van der Waals surface area contributed by atoms with E-state index in [9.17, 15) is 31.5 Å². The lowest BCUT2D eigenvalue weighted by Gasteiger charge is -2.23. The average Bonchev–Trinajstić information content (AvgIpc) is 3.27. The molecule has 5 rings (SSSR count). The molecule has 1 saturated carbocycles. The summed E-state index contributed by atoms with van der Waals surface area (Å²) in [6.07, 6.45) is -2.40. The van der Waals surface area contributed by atoms with Crippen LogP contribution >= 0.6 is 11.3 Å². The second-order valence-electron chi connectivity index (χ2n) is 9.41. The van der Waals surface area contributed by atoms with E-state index < -0.39 is 41.9 Å². The monoisotopic (exact) mass is 529 g/mol. The fourth-order valence-corrected chi connectivity index (χ4v) is 6.23. The van der Waals surface area contributed by atoms with E-state index in [1.54, 1.807) is 4.90 Å². The molecule has 2 saturated heterocycles. The first-order chi connectivity index (χ1) is 17.1. The van der Waals surface area contributed by atoms with Crippen molar-refractivity contribution in [3.63, 3.8) is 0 Å². The third-order valence-corrected chi connectivity index (χ3v) is 8.19. The molecule has 2 amide bonds. The van der Waals surface area contributed by atoms with E-state index in [4.69, 9.17) is 0 Å². The van der Waals surface area contributed by atoms with Crippen LogP contribution in [-0.4, -0.2) is 58.0 Å². The highest BCUT2D eigenvalue weighted by Crippen LogP contribution is 2.44. The van der Waals surface area contributed by atoms with Crippen molar-refractivity contribution in [3.8, 4) is 10.4 Å². The first kappa shape index (κ1) is 24.8. The number of amides is 2. The molecule has 1 aliphatic carbocycles. The number of nitrogens with zero attached hydrogens (tertiary/aromatic N) is 3. The summed E-state index contributed by atoms with van der Waals surface area (Å²) in [4.78, 5) is 35.8. The number of rotatable bonds is 7. The summed E-state index contributed by atoms with van der Waals surface area (Å²) >= 11 is 0.781. The van der Waals surface area contributed by atoms with Gasteiger partial charge in [0.15, 0.2) is 5.01 Å². The van der Waals surface area contributed by atoms with Crippen LogP contribution in [0.5, 0.6) is 0 Å². The molecule has 2 bridgehead atoms. The van der Waals surface area contributed by atoms with Crippen LogP contribution < -0.4 is 10.6 Å². The number of hydrogen-bond donors (Lipinski definition) is 2. The van der Waals surface area contributed by atoms with Crippen LogP contribution in [0.3, 0.4) is 0 Å². The number of thiazole rings is 1. The number of carbonyl (C=O) groups excluding carboxylic acids is 2. The van der Waals surface area contributed by atoms with Crippen LogP contribution in [0, 0.1) is 5.92 Å². The van der Waals surface area contributed by atoms with Crippen molar-refractivity contribution in [3.05, 3.63) is 28.5 Å². The van der Waals surface area contributed by atoms with Crippen molar-refractivity contribution in [2.75, 3.05) is 12.4 Å². The van der Waals surface area contributed by atoms with Crippen molar-refractivity contribution < 1.29 is 31.5 Å². The molecular formula is C23H24F5N5O2S. The minimum atomic E-state index is -4.55. The molecule has 2 aliphatic heterocycles. The SMILES string of the molecule is CNC(=O)c1nc(C(=O)N2C3CCC2CC3)c(-c2cnc(NC(C3CC3)C(F)(F)F)cc2C(F)F)s1. The molecule has 0 radical (unpaired) electrons. The predicted octanol–water partition coefficient (Wildman–Crippen LogP) is 5.02. The van der Waals surface area contributed by atoms with Gasteiger partial charge in [-0.15, -0.1) is 11.3 Å². The van der Waals surface area contributed by atoms with Gasteiger partial charge in [0, 0.05) is 36.5 Å². The number of anilines is 1. The summed E-state index contributed by atoms with van der Waals surface area (Å²) in [6, 6.07) is -0.913. The van der Waals surface area contributed by atoms with Gasteiger partial charge in [-0.1, -0.05) is 0 Å². The molecule has 1 unspecified atom stereocenters. The number of pyridine rings is 1. The fraction of sp³-hybridized carbons (Fsp3) is 0.565. The van der Waals surface area contributed by atoms with Gasteiger partial charge in [0.05, 0.1) is 4.88 Å². The highest BCUT2D eigenvalue weighted by atomic mass is 32.1. The Morgan fingerprint density at radius 3 is 2.28 bits per heavy atom. The molecule has 0 spiro atoms. The molecule has 3 fully saturated rings. The minimum absolute atomic E-state index is 0.0431. The molecule has 2 aromatic heterocycles. The van der Waals surface area contributed by atoms with Gasteiger partial charge in [0.1, 0.15) is 17.6 Å². The molecule has 4 heterocycles. The van der Waals surface area contributed by atoms with Gasteiger partial charge in [-0.05, 0) is 50.5 Å². The topological polar surface area (TPSA) is 87.2 Å². The molecule has 194 valence electrons. The van der Waals surface area contributed by atoms with E-state index in [2.05, 4.69) is 20.6 Å². The largest absolute Gasteiger partial charge is 0.408 e. The Morgan fingerprint density at radius 2 is 1.75 bits per heavy atom. The molecule has 2 aromatic rings. The minimum Gasteiger partial charge on any atom is -0.358 e. The molecule has 0 aromatic carbocycles. The highest BCUT2D eigenvalue weighted by Gasteiger charge is 2.49. The highest BCUT2D eigenvalue weighted by molar-refractivity contribution is 7.17. The number of nitrogens with one attached hydrogen (secondary N) is 2. The second-order valence-corrected chi connectivity index (χ2v) is 10.4. The van der Waals surface area contributed by atoms with E-state index in [0.29, 0.717) is 12.8 Å². The van der Waals surface area contributed by atoms with E-state index >= 15 is 0 Å². The van der Waals surface area contributed by atoms with Gasteiger partial charge in [-0.3, -0.25) is 9.59 Å². The van der Waals surface area contributed by atoms with Gasteiger partial charge in [0.2, 0.25) is 0 Å². The zero-order chi connectivity index (χ0) is 25.8. The average molecular weight is 530 g/mol. The summed E-state index contributed by atoms with van der Waals surface area (Å²) < 4.78 is 68.7. The molecular weight excluding hydrogens is 505 g/mol. The smallest absolute Gasteiger partial charge is 0.358 e. The third-order valence-electron chi connectivity index (χ3n) is 7.10. The maximum atomic E-state index is 14.2. The van der Waals surface area contributed by atoms with Gasteiger partial charge in [-0.2, -0.15) is 13.2 Å². The number of alkyl halides is 5. The van der Waals surface area contributed by atoms with Gasteiger partial charge >= 0.3 is 6.18 Å². The molecule has 3 aliphatic rings. The van der Waals surface area contributed by atoms with Crippen LogP contribution in [0.2, 0.25) is 0 Å². The molecule has 2 N–H and O–H groups in total. The van der Waals surface area contributed by atoms with Crippen molar-refractivity contribution in [2.45, 2.75) is 69.3 Å². The lowest BCUT2D eigenvalue weighted by molar-refractivity contribution is -0.146. The molecule has 36 heavy (non-hydrogen) atoms. The van der Waals surface area contributed by atoms with Crippen molar-refractivity contribution >= 4 is 29.0 Å². The first-order valence-electron chi connectivity index (χ1n) is 11.8. The summed E-state index contributed by atoms with van der Waals surface area (Å²) in [7, 11) is 1.38. The third kappa shape index (κ3) is 4.53. The zero-order valence-electron chi connectivity index (χ0n) is 19.2. The van der Waals surface area contributed by atoms with Crippen LogP contribution in [0.4, 0.5) is 27.8 Å². The molecule has 13 heteroatoms. The zero-order valence-corrected chi connectivity index (χ0v) is 20.1. The van der Waals surface area contributed by atoms with Crippen molar-refractivity contribution in [2.24, 2.45) is 5.92 Å². The van der Waals surface area contributed by atoms with Gasteiger partial charge < -0.3 is 15.5 Å². The molecule has 7 nitrogen and oxygen atoms in total. The van der Waals surface area contributed by atoms with E-state index in [-0.39, 0.29) is 39.0 Å². The summed E-state index contributed by atoms with van der Waals surface area (Å²) in [6.45, 7) is 0. The standard InChI is InChI=1S/C23H24F5N5O2S/c1-29-20(34)21-32-16(22(35)33-11-4-5-12(33)7-6-11)17(36-21)14-9-30-15(8-13(14)19(24)25)31-18(10-2-3-10)23(26,27)28/h8-12,18-19H,2-7H2,1H3,(H,29,34)(H,30,31). The number of fused-ring (bicyclic) bond motifs is 2. The molecule has 1 atom stereocenters. The van der Waals surface area contributed by atoms with Gasteiger partial charge in [0.25, 0.3) is 18.2 Å². The number of aromatic nitrogens is 2. The van der Waals surface area contributed by atoms with Crippen LogP contribution in [0.1, 0.15) is 70.8 Å². The summed E-state index contributed by atoms with van der Waals surface area (Å²) in [5.74, 6) is -1.97. The summed E-state index contributed by atoms with van der Waals surface area (Å²) in [5.41, 5.74) is -0.837. The Hall–Kier alpha value is -2.83. The van der Waals surface area contributed by atoms with E-state index in [1.807, 2.05) is 0 Å². The normalized spacial score (nSPS) is 22.2. The van der Waals surface area contributed by atoms with E-state index in [1.165, 1.54) is 7.05 Å². The second kappa shape index (κ2) is 9.24. The van der Waals surface area contributed by atoms with Crippen LogP contribution in [0.25, 0.3) is 10.4 Å². The maximum Gasteiger partial charge on any atom is 0.408 e. The summed E-state index contributed by atoms with van der Waals surface area (Å²) in [5, 5.41) is 4.61. The lowest BCUT2D eigenvalue weighted by Crippen LogP contribution is -2.38. The first-order valence-corrected chi connectivity index (χ1v) is 12.6. The van der Waals surface area contributed by atoms with E-state index in [0.717, 1.165) is 49.3 Å². The van der Waals surface area contributed by atoms with Gasteiger partial charge in [-0.25, -0.2) is 18.7 Å². The number of carbonyl (C=O) groups is 2. The maximum absolute atomic E-state index is 14.2. The Bertz CT molecular complexity index is 1160. The van der Waals surface area contributed by atoms with Crippen molar-refractivity contribution in [1.82, 2.24) is 20.2 Å². The number of hydrogen-bond acceptors (Lipinski definition) is 6. The van der Waals surface area contributed by atoms with Crippen LogP contribution in [0.15, 0.2) is 12.3 Å². The number of halogens is 5. The quantitative estimate of drug-likeness (QED) is 0.492. The van der Waals surface area contributed by atoms with Crippen LogP contribution in [-0.2, 0) is 0 Å². The predicted molar refractivity (Wildman–Crippen MR) is 122 cm³/mol. The lowest BCUT2D eigenvalue weighted by atomic mass is 10.0. The fourth-order valence-electron chi connectivity index (χ4n) is 5.19. The Morgan fingerprint density at radius 1 is 1.11 bits per heavy atom. The Labute approximate surface area is 207 Å². The Balaban J connectivity index is 1.54.